The zero-order valence-electron chi connectivity index (χ0n) is 13.9. The van der Waals surface area contributed by atoms with Crippen LogP contribution in [0.25, 0.3) is 0 Å². The van der Waals surface area contributed by atoms with Gasteiger partial charge in [0.05, 0.1) is 0 Å². The van der Waals surface area contributed by atoms with Gasteiger partial charge in [0.15, 0.2) is 0 Å². The van der Waals surface area contributed by atoms with E-state index in [2.05, 4.69) is 5.32 Å². The van der Waals surface area contributed by atoms with Crippen LogP contribution in [0.4, 0.5) is 23.7 Å². The van der Waals surface area contributed by atoms with Gasteiger partial charge in [-0.15, -0.1) is 11.8 Å². The number of urea groups is 1. The lowest BCUT2D eigenvalue weighted by Crippen LogP contribution is -2.34. The van der Waals surface area contributed by atoms with Crippen molar-refractivity contribution in [3.8, 4) is 0 Å². The number of carbonyl (C=O) groups is 1. The fourth-order valence-corrected chi connectivity index (χ4v) is 4.42. The van der Waals surface area contributed by atoms with Crippen molar-refractivity contribution in [3.05, 3.63) is 59.7 Å². The van der Waals surface area contributed by atoms with Gasteiger partial charge < -0.3 is 10.2 Å². The van der Waals surface area contributed by atoms with Crippen LogP contribution in [0.3, 0.4) is 0 Å². The summed E-state index contributed by atoms with van der Waals surface area (Å²) in [7, 11) is 0. The molecule has 2 aromatic rings. The van der Waals surface area contributed by atoms with Gasteiger partial charge in [-0.25, -0.2) is 4.79 Å². The molecule has 1 heterocycles. The van der Waals surface area contributed by atoms with E-state index in [4.69, 9.17) is 0 Å². The lowest BCUT2D eigenvalue weighted by atomic mass is 10.1. The van der Waals surface area contributed by atoms with E-state index < -0.39 is 5.51 Å². The maximum Gasteiger partial charge on any atom is 0.446 e. The third-order valence-electron chi connectivity index (χ3n) is 3.85. The highest BCUT2D eigenvalue weighted by molar-refractivity contribution is 8.00. The molecule has 1 aliphatic rings. The van der Waals surface area contributed by atoms with E-state index in [1.807, 2.05) is 31.2 Å². The molecule has 1 atom stereocenters. The predicted octanol–water partition coefficient (Wildman–Crippen LogP) is 5.89. The van der Waals surface area contributed by atoms with E-state index in [1.165, 1.54) is 24.3 Å². The number of alkyl halides is 3. The molecule has 0 bridgehead atoms. The van der Waals surface area contributed by atoms with Crippen molar-refractivity contribution in [1.29, 1.82) is 0 Å². The maximum absolute atomic E-state index is 12.6. The van der Waals surface area contributed by atoms with Crippen LogP contribution in [-0.2, 0) is 0 Å². The van der Waals surface area contributed by atoms with Gasteiger partial charge in [-0.3, -0.25) is 0 Å². The average Bonchev–Trinajstić information content (AvgIpc) is 3.06. The first-order valence-corrected chi connectivity index (χ1v) is 9.80. The Morgan fingerprint density at radius 3 is 2.42 bits per heavy atom. The number of hydrogen-bond acceptors (Lipinski definition) is 3. The third-order valence-corrected chi connectivity index (χ3v) is 5.85. The van der Waals surface area contributed by atoms with Gasteiger partial charge in [0.1, 0.15) is 5.37 Å². The van der Waals surface area contributed by atoms with Crippen LogP contribution in [-0.4, -0.2) is 28.7 Å². The van der Waals surface area contributed by atoms with Gasteiger partial charge in [0.25, 0.3) is 0 Å². The van der Waals surface area contributed by atoms with Gasteiger partial charge >= 0.3 is 11.5 Å². The number of nitrogens with zero attached hydrogens (tertiary/aromatic N) is 1. The number of amides is 2. The second kappa shape index (κ2) is 7.84. The van der Waals surface area contributed by atoms with Gasteiger partial charge in [0.2, 0.25) is 0 Å². The van der Waals surface area contributed by atoms with Crippen LogP contribution in [0.15, 0.2) is 53.4 Å². The first-order chi connectivity index (χ1) is 12.3. The smallest absolute Gasteiger partial charge is 0.308 e. The third kappa shape index (κ3) is 4.88. The Labute approximate surface area is 158 Å². The van der Waals surface area contributed by atoms with Crippen LogP contribution >= 0.6 is 23.5 Å². The molecule has 1 aliphatic heterocycles. The molecular weight excluding hydrogens is 381 g/mol. The Morgan fingerprint density at radius 1 is 1.15 bits per heavy atom. The molecule has 8 heteroatoms. The Balaban J connectivity index is 1.66. The summed E-state index contributed by atoms with van der Waals surface area (Å²) < 4.78 is 37.1. The zero-order chi connectivity index (χ0) is 18.7. The average molecular weight is 398 g/mol. The number of hydrogen-bond donors (Lipinski definition) is 1. The van der Waals surface area contributed by atoms with Crippen LogP contribution in [0.1, 0.15) is 16.5 Å². The highest BCUT2D eigenvalue weighted by atomic mass is 32.2. The van der Waals surface area contributed by atoms with Crippen molar-refractivity contribution < 1.29 is 18.0 Å². The van der Waals surface area contributed by atoms with Crippen LogP contribution in [0.5, 0.6) is 0 Å². The summed E-state index contributed by atoms with van der Waals surface area (Å²) in [5, 5.41) is 2.71. The number of nitrogens with one attached hydrogen (secondary N) is 1. The minimum absolute atomic E-state index is 0.0596. The predicted molar refractivity (Wildman–Crippen MR) is 100 cm³/mol. The van der Waals surface area contributed by atoms with E-state index in [0.717, 1.165) is 16.9 Å². The molecule has 1 N–H and O–H groups in total. The number of halogens is 3. The minimum Gasteiger partial charge on any atom is -0.308 e. The summed E-state index contributed by atoms with van der Waals surface area (Å²) in [6, 6.07) is 13.5. The molecule has 0 aromatic heterocycles. The van der Waals surface area contributed by atoms with Crippen LogP contribution in [0, 0.1) is 6.92 Å². The van der Waals surface area contributed by atoms with E-state index in [0.29, 0.717) is 12.2 Å². The van der Waals surface area contributed by atoms with E-state index in [1.54, 1.807) is 16.7 Å². The highest BCUT2D eigenvalue weighted by Gasteiger charge is 2.31. The first kappa shape index (κ1) is 19.0. The molecule has 138 valence electrons. The first-order valence-electron chi connectivity index (χ1n) is 7.93. The van der Waals surface area contributed by atoms with Gasteiger partial charge in [-0.1, -0.05) is 29.8 Å². The standard InChI is InChI=1S/C18H17F3N2OS2/c1-12-2-4-13(5-3-12)16-23(10-11-25-16)17(24)22-14-6-8-15(9-7-14)26-18(19,20)21/h2-9,16H,10-11H2,1H3,(H,22,24). The summed E-state index contributed by atoms with van der Waals surface area (Å²) >= 11 is 1.52. The normalized spacial score (nSPS) is 17.4. The molecule has 3 rings (SSSR count). The van der Waals surface area contributed by atoms with Crippen LogP contribution in [0.2, 0.25) is 0 Å². The van der Waals surface area contributed by atoms with Gasteiger partial charge in [-0.2, -0.15) is 13.2 Å². The Kier molecular flexibility index (Phi) is 5.72. The Bertz CT molecular complexity index is 764. The van der Waals surface area contributed by atoms with Crippen molar-refractivity contribution >= 4 is 35.2 Å². The minimum atomic E-state index is -4.32. The number of thioether (sulfide) groups is 2. The van der Waals surface area contributed by atoms with Crippen LogP contribution < -0.4 is 5.32 Å². The molecule has 1 saturated heterocycles. The quantitative estimate of drug-likeness (QED) is 0.655. The fraction of sp³-hybridized carbons (Fsp3) is 0.278. The topological polar surface area (TPSA) is 32.3 Å². The molecule has 0 saturated carbocycles. The molecule has 3 nitrogen and oxygen atoms in total. The second-order valence-electron chi connectivity index (χ2n) is 5.83. The van der Waals surface area contributed by atoms with E-state index in [-0.39, 0.29) is 28.1 Å². The van der Waals surface area contributed by atoms with Crippen molar-refractivity contribution in [2.45, 2.75) is 22.7 Å². The molecule has 2 aromatic carbocycles. The molecule has 0 aliphatic carbocycles. The zero-order valence-corrected chi connectivity index (χ0v) is 15.5. The second-order valence-corrected chi connectivity index (χ2v) is 8.16. The number of rotatable bonds is 3. The highest BCUT2D eigenvalue weighted by Crippen LogP contribution is 2.39. The summed E-state index contributed by atoms with van der Waals surface area (Å²) in [6.45, 7) is 2.63. The summed E-state index contributed by atoms with van der Waals surface area (Å²) in [5.41, 5.74) is -1.63. The molecule has 1 fully saturated rings. The van der Waals surface area contributed by atoms with E-state index in [9.17, 15) is 18.0 Å². The fourth-order valence-electron chi connectivity index (χ4n) is 2.62. The Hall–Kier alpha value is -1.80. The Morgan fingerprint density at radius 2 is 1.81 bits per heavy atom. The lowest BCUT2D eigenvalue weighted by Gasteiger charge is -2.24. The SMILES string of the molecule is Cc1ccc(C2SCCN2C(=O)Nc2ccc(SC(F)(F)F)cc2)cc1. The van der Waals surface area contributed by atoms with Crippen molar-refractivity contribution in [1.82, 2.24) is 4.90 Å². The molecule has 0 radical (unpaired) electrons. The lowest BCUT2D eigenvalue weighted by molar-refractivity contribution is -0.0328. The summed E-state index contributed by atoms with van der Waals surface area (Å²) in [6.07, 6.45) is 0. The van der Waals surface area contributed by atoms with E-state index >= 15 is 0 Å². The van der Waals surface area contributed by atoms with Gasteiger partial charge in [-0.05, 0) is 48.5 Å². The molecule has 0 spiro atoms. The molecular formula is C18H17F3N2OS2. The number of benzene rings is 2. The number of anilines is 1. The summed E-state index contributed by atoms with van der Waals surface area (Å²) in [4.78, 5) is 14.4. The molecule has 1 unspecified atom stereocenters. The van der Waals surface area contributed by atoms with Crippen molar-refractivity contribution in [3.63, 3.8) is 0 Å². The molecule has 2 amide bonds. The van der Waals surface area contributed by atoms with Gasteiger partial charge in [0, 0.05) is 22.9 Å². The number of aryl methyl sites for hydroxylation is 1. The largest absolute Gasteiger partial charge is 0.446 e. The molecule has 26 heavy (non-hydrogen) atoms. The van der Waals surface area contributed by atoms with Crippen molar-refractivity contribution in [2.75, 3.05) is 17.6 Å². The maximum atomic E-state index is 12.6. The number of carbonyl (C=O) groups excluding carboxylic acids is 1. The monoisotopic (exact) mass is 398 g/mol. The van der Waals surface area contributed by atoms with Crippen molar-refractivity contribution in [2.24, 2.45) is 0 Å². The summed E-state index contributed by atoms with van der Waals surface area (Å²) in [5.74, 6) is 0.840.